The number of thiocarbonyl (C=S) groups is 1. The molecular formula is C27H23ClN4O6S2. The summed E-state index contributed by atoms with van der Waals surface area (Å²) < 4.78 is 38.2. The number of methoxy groups -OCH3 is 1. The first kappa shape index (κ1) is 27.4. The average Bonchev–Trinajstić information content (AvgIpc) is 3.53. The smallest absolute Gasteiger partial charge is 0.335 e. The third-order valence-electron chi connectivity index (χ3n) is 6.25. The molecule has 0 aliphatic carbocycles. The van der Waals surface area contributed by atoms with Crippen molar-refractivity contribution in [3.05, 3.63) is 95.0 Å². The molecule has 1 fully saturated rings. The van der Waals surface area contributed by atoms with Gasteiger partial charge in [0.1, 0.15) is 23.3 Å². The van der Waals surface area contributed by atoms with Gasteiger partial charge < -0.3 is 24.5 Å². The molecule has 1 saturated heterocycles. The van der Waals surface area contributed by atoms with E-state index in [-0.39, 0.29) is 11.3 Å². The van der Waals surface area contributed by atoms with E-state index in [1.807, 2.05) is 12.1 Å². The first-order chi connectivity index (χ1) is 19.1. The fourth-order valence-corrected chi connectivity index (χ4v) is 5.67. The quantitative estimate of drug-likeness (QED) is 0.231. The van der Waals surface area contributed by atoms with Crippen LogP contribution < -0.4 is 19.7 Å². The van der Waals surface area contributed by atoms with Crippen molar-refractivity contribution in [3.63, 3.8) is 0 Å². The number of ether oxygens (including phenoxy) is 1. The molecule has 206 valence electrons. The topological polar surface area (TPSA) is 134 Å². The van der Waals surface area contributed by atoms with E-state index in [4.69, 9.17) is 33.0 Å². The molecule has 2 aromatic heterocycles. The lowest BCUT2D eigenvalue weighted by atomic mass is 10.0. The van der Waals surface area contributed by atoms with Crippen LogP contribution in [0.1, 0.15) is 33.9 Å². The Morgan fingerprint density at radius 1 is 1.18 bits per heavy atom. The van der Waals surface area contributed by atoms with Crippen molar-refractivity contribution in [1.29, 1.82) is 0 Å². The van der Waals surface area contributed by atoms with Gasteiger partial charge in [0.05, 0.1) is 41.4 Å². The van der Waals surface area contributed by atoms with Crippen LogP contribution in [0, 0.1) is 0 Å². The second-order valence-corrected chi connectivity index (χ2v) is 11.5. The van der Waals surface area contributed by atoms with Crippen molar-refractivity contribution in [3.8, 4) is 17.1 Å². The monoisotopic (exact) mass is 598 g/mol. The van der Waals surface area contributed by atoms with Gasteiger partial charge in [0.2, 0.25) is 10.0 Å². The number of hydrogen-bond acceptors (Lipinski definition) is 7. The number of pyridine rings is 1. The van der Waals surface area contributed by atoms with E-state index in [0.717, 1.165) is 6.26 Å². The lowest BCUT2D eigenvalue weighted by molar-refractivity contribution is 0.0697. The Balaban J connectivity index is 1.63. The van der Waals surface area contributed by atoms with E-state index in [1.54, 1.807) is 47.5 Å². The summed E-state index contributed by atoms with van der Waals surface area (Å²) in [6, 6.07) is 17.4. The van der Waals surface area contributed by atoms with Crippen molar-refractivity contribution in [1.82, 2.24) is 10.3 Å². The number of benzene rings is 2. The van der Waals surface area contributed by atoms with Gasteiger partial charge in [-0.3, -0.25) is 9.71 Å². The molecule has 2 unspecified atom stereocenters. The van der Waals surface area contributed by atoms with Crippen LogP contribution in [-0.2, 0) is 10.0 Å². The van der Waals surface area contributed by atoms with Crippen LogP contribution in [-0.4, -0.2) is 43.0 Å². The van der Waals surface area contributed by atoms with Gasteiger partial charge in [0.15, 0.2) is 5.11 Å². The number of carboxylic acid groups (broad SMARTS) is 1. The molecule has 4 aromatic rings. The van der Waals surface area contributed by atoms with E-state index in [0.29, 0.717) is 44.3 Å². The molecule has 3 heterocycles. The highest BCUT2D eigenvalue weighted by atomic mass is 35.5. The zero-order chi connectivity index (χ0) is 28.6. The standard InChI is InChI=1S/C27H23ClN4O6S2/c1-37-22-9-7-16(14-20(22)31-40(2,35)36)32-25(24(30-27(32)39)19-5-3-4-12-29-19)23-11-10-21(38-23)17-13-15(26(33)34)6-8-18(17)28/h3-14,24-25,31H,1-2H3,(H,30,39)(H,33,34). The van der Waals surface area contributed by atoms with Gasteiger partial charge in [-0.2, -0.15) is 0 Å². The fraction of sp³-hybridized carbons (Fsp3) is 0.148. The highest BCUT2D eigenvalue weighted by molar-refractivity contribution is 7.92. The van der Waals surface area contributed by atoms with Crippen LogP contribution in [0.2, 0.25) is 5.02 Å². The summed E-state index contributed by atoms with van der Waals surface area (Å²) in [7, 11) is -2.16. The van der Waals surface area contributed by atoms with Gasteiger partial charge in [-0.1, -0.05) is 17.7 Å². The number of anilines is 2. The number of nitrogens with one attached hydrogen (secondary N) is 2. The zero-order valence-corrected chi connectivity index (χ0v) is 23.5. The van der Waals surface area contributed by atoms with Crippen LogP contribution in [0.4, 0.5) is 11.4 Å². The maximum atomic E-state index is 12.0. The first-order valence-electron chi connectivity index (χ1n) is 11.8. The molecule has 1 aliphatic rings. The third-order valence-corrected chi connectivity index (χ3v) is 7.49. The predicted octanol–water partition coefficient (Wildman–Crippen LogP) is 5.25. The molecule has 0 saturated carbocycles. The van der Waals surface area contributed by atoms with Gasteiger partial charge in [-0.15, -0.1) is 0 Å². The Bertz CT molecular complexity index is 1710. The molecule has 40 heavy (non-hydrogen) atoms. The number of carbonyl (C=O) groups is 1. The fourth-order valence-electron chi connectivity index (χ4n) is 4.55. The summed E-state index contributed by atoms with van der Waals surface area (Å²) in [6.07, 6.45) is 2.72. The van der Waals surface area contributed by atoms with Crippen LogP contribution in [0.3, 0.4) is 0 Å². The van der Waals surface area contributed by atoms with Gasteiger partial charge in [-0.05, 0) is 72.9 Å². The minimum absolute atomic E-state index is 0.0678. The minimum atomic E-state index is -3.60. The number of halogens is 1. The molecule has 0 radical (unpaired) electrons. The van der Waals surface area contributed by atoms with E-state index in [1.165, 1.54) is 25.3 Å². The van der Waals surface area contributed by atoms with Gasteiger partial charge in [0, 0.05) is 17.4 Å². The Morgan fingerprint density at radius 2 is 1.98 bits per heavy atom. The van der Waals surface area contributed by atoms with Crippen LogP contribution in [0.5, 0.6) is 5.75 Å². The summed E-state index contributed by atoms with van der Waals surface area (Å²) >= 11 is 12.1. The number of aromatic nitrogens is 1. The average molecular weight is 599 g/mol. The van der Waals surface area contributed by atoms with Crippen LogP contribution in [0.15, 0.2) is 77.3 Å². The van der Waals surface area contributed by atoms with Crippen molar-refractivity contribution in [2.45, 2.75) is 12.1 Å². The Kier molecular flexibility index (Phi) is 7.41. The second kappa shape index (κ2) is 10.8. The number of furan rings is 1. The van der Waals surface area contributed by atoms with Crippen molar-refractivity contribution in [2.75, 3.05) is 23.0 Å². The number of rotatable bonds is 8. The first-order valence-corrected chi connectivity index (χ1v) is 14.5. The van der Waals surface area contributed by atoms with E-state index >= 15 is 0 Å². The highest BCUT2D eigenvalue weighted by Crippen LogP contribution is 2.45. The van der Waals surface area contributed by atoms with Gasteiger partial charge >= 0.3 is 5.97 Å². The zero-order valence-electron chi connectivity index (χ0n) is 21.2. The van der Waals surface area contributed by atoms with Gasteiger partial charge in [0.25, 0.3) is 0 Å². The number of aromatic carboxylic acids is 1. The molecule has 2 aromatic carbocycles. The maximum absolute atomic E-state index is 12.0. The van der Waals surface area contributed by atoms with Gasteiger partial charge in [-0.25, -0.2) is 13.2 Å². The predicted molar refractivity (Wildman–Crippen MR) is 156 cm³/mol. The number of carboxylic acids is 1. The molecule has 2 atom stereocenters. The summed E-state index contributed by atoms with van der Waals surface area (Å²) in [4.78, 5) is 17.9. The normalized spacial score (nSPS) is 17.0. The lowest BCUT2D eigenvalue weighted by Crippen LogP contribution is -2.29. The summed E-state index contributed by atoms with van der Waals surface area (Å²) in [5, 5.41) is 13.4. The molecule has 0 bridgehead atoms. The molecule has 1 aliphatic heterocycles. The summed E-state index contributed by atoms with van der Waals surface area (Å²) in [5.41, 5.74) is 1.99. The number of nitrogens with zero attached hydrogens (tertiary/aromatic N) is 2. The summed E-state index contributed by atoms with van der Waals surface area (Å²) in [6.45, 7) is 0. The molecule has 3 N–H and O–H groups in total. The van der Waals surface area contributed by atoms with E-state index < -0.39 is 28.1 Å². The minimum Gasteiger partial charge on any atom is -0.495 e. The Hall–Kier alpha value is -4.13. The lowest BCUT2D eigenvalue weighted by Gasteiger charge is -2.27. The maximum Gasteiger partial charge on any atom is 0.335 e. The Morgan fingerprint density at radius 3 is 2.65 bits per heavy atom. The largest absolute Gasteiger partial charge is 0.495 e. The summed E-state index contributed by atoms with van der Waals surface area (Å²) in [5.74, 6) is 0.103. The molecule has 0 spiro atoms. The third kappa shape index (κ3) is 5.46. The molecular weight excluding hydrogens is 576 g/mol. The van der Waals surface area contributed by atoms with Crippen LogP contribution >= 0.6 is 23.8 Å². The van der Waals surface area contributed by atoms with Crippen molar-refractivity contribution in [2.24, 2.45) is 0 Å². The second-order valence-electron chi connectivity index (χ2n) is 8.96. The SMILES string of the molecule is COc1ccc(N2C(=S)NC(c3ccccn3)C2c2ccc(-c3cc(C(=O)O)ccc3Cl)o2)cc1NS(C)(=O)=O. The molecule has 13 heteroatoms. The highest BCUT2D eigenvalue weighted by Gasteiger charge is 2.43. The van der Waals surface area contributed by atoms with Crippen molar-refractivity contribution >= 4 is 56.3 Å². The van der Waals surface area contributed by atoms with E-state index in [9.17, 15) is 18.3 Å². The number of sulfonamides is 1. The van der Waals surface area contributed by atoms with Crippen molar-refractivity contribution < 1.29 is 27.5 Å². The van der Waals surface area contributed by atoms with E-state index in [2.05, 4.69) is 15.0 Å². The van der Waals surface area contributed by atoms with Crippen LogP contribution in [0.25, 0.3) is 11.3 Å². The molecule has 10 nitrogen and oxygen atoms in total. The molecule has 5 rings (SSSR count). The molecule has 0 amide bonds. The Labute approximate surface area is 240 Å². The number of hydrogen-bond donors (Lipinski definition) is 3.